The second-order valence-corrected chi connectivity index (χ2v) is 6.32. The Labute approximate surface area is 158 Å². The average molecular weight is 371 g/mol. The molecule has 2 aromatic heterocycles. The molecule has 2 heterocycles. The molecular formula is C19H23ClN6. The maximum Gasteiger partial charge on any atom is 0.191 e. The highest BCUT2D eigenvalue weighted by molar-refractivity contribution is 6.29. The predicted octanol–water partition coefficient (Wildman–Crippen LogP) is 2.92. The zero-order valence-corrected chi connectivity index (χ0v) is 15.8. The molecule has 2 N–H and O–H groups in total. The Morgan fingerprint density at radius 3 is 2.77 bits per heavy atom. The van der Waals surface area contributed by atoms with Crippen LogP contribution < -0.4 is 10.6 Å². The Balaban J connectivity index is 1.62. The molecule has 3 aromatic rings. The first kappa shape index (κ1) is 18.2. The van der Waals surface area contributed by atoms with Crippen molar-refractivity contribution in [3.05, 3.63) is 59.1 Å². The zero-order valence-electron chi connectivity index (χ0n) is 15.0. The average Bonchev–Trinajstić information content (AvgIpc) is 2.97. The summed E-state index contributed by atoms with van der Waals surface area (Å²) in [7, 11) is 2.02. The third-order valence-electron chi connectivity index (χ3n) is 4.10. The van der Waals surface area contributed by atoms with Gasteiger partial charge in [-0.05, 0) is 37.1 Å². The minimum absolute atomic E-state index is 0.513. The van der Waals surface area contributed by atoms with E-state index in [1.165, 1.54) is 0 Å². The summed E-state index contributed by atoms with van der Waals surface area (Å²) in [6.07, 6.45) is 2.65. The van der Waals surface area contributed by atoms with Crippen LogP contribution in [0.1, 0.15) is 18.3 Å². The first-order valence-electron chi connectivity index (χ1n) is 8.70. The van der Waals surface area contributed by atoms with Crippen LogP contribution in [0.4, 0.5) is 0 Å². The van der Waals surface area contributed by atoms with Crippen LogP contribution in [0.2, 0.25) is 5.15 Å². The van der Waals surface area contributed by atoms with Crippen molar-refractivity contribution >= 4 is 28.6 Å². The molecular weight excluding hydrogens is 348 g/mol. The summed E-state index contributed by atoms with van der Waals surface area (Å²) in [5.74, 6) is 1.71. The summed E-state index contributed by atoms with van der Waals surface area (Å²) in [6, 6.07) is 11.9. The molecule has 0 aliphatic carbocycles. The number of pyridine rings is 1. The quantitative estimate of drug-likeness (QED) is 0.398. The first-order valence-corrected chi connectivity index (χ1v) is 9.08. The minimum Gasteiger partial charge on any atom is -0.357 e. The highest BCUT2D eigenvalue weighted by atomic mass is 35.5. The number of aliphatic imine (C=N–C) groups is 1. The number of aromatic nitrogens is 3. The van der Waals surface area contributed by atoms with Crippen molar-refractivity contribution in [1.82, 2.24) is 25.2 Å². The van der Waals surface area contributed by atoms with Crippen molar-refractivity contribution in [1.29, 1.82) is 0 Å². The van der Waals surface area contributed by atoms with Crippen LogP contribution in [0.3, 0.4) is 0 Å². The third kappa shape index (κ3) is 4.52. The highest BCUT2D eigenvalue weighted by Gasteiger charge is 2.07. The molecule has 1 aromatic carbocycles. The van der Waals surface area contributed by atoms with E-state index in [2.05, 4.69) is 43.2 Å². The summed E-state index contributed by atoms with van der Waals surface area (Å²) >= 11 is 5.82. The molecule has 0 aliphatic heterocycles. The SMILES string of the molecule is CCNC(=NCc1nc2ccccc2n1C)NCCc1ccc(Cl)nc1. The van der Waals surface area contributed by atoms with E-state index in [4.69, 9.17) is 11.6 Å². The number of para-hydroxylation sites is 2. The molecule has 0 fully saturated rings. The number of halogens is 1. The van der Waals surface area contributed by atoms with E-state index in [9.17, 15) is 0 Å². The number of hydrogen-bond donors (Lipinski definition) is 2. The van der Waals surface area contributed by atoms with Gasteiger partial charge >= 0.3 is 0 Å². The van der Waals surface area contributed by atoms with Crippen molar-refractivity contribution < 1.29 is 0 Å². The van der Waals surface area contributed by atoms with Gasteiger partial charge in [0.2, 0.25) is 0 Å². The normalized spacial score (nSPS) is 11.7. The summed E-state index contributed by atoms with van der Waals surface area (Å²) in [4.78, 5) is 13.4. The zero-order chi connectivity index (χ0) is 18.4. The Bertz CT molecular complexity index is 885. The van der Waals surface area contributed by atoms with Gasteiger partial charge in [0.05, 0.1) is 11.0 Å². The third-order valence-corrected chi connectivity index (χ3v) is 4.32. The molecule has 0 radical (unpaired) electrons. The number of fused-ring (bicyclic) bond motifs is 1. The lowest BCUT2D eigenvalue weighted by atomic mass is 10.2. The summed E-state index contributed by atoms with van der Waals surface area (Å²) in [6.45, 7) is 4.13. The van der Waals surface area contributed by atoms with Crippen molar-refractivity contribution in [2.24, 2.45) is 12.0 Å². The van der Waals surface area contributed by atoms with Crippen molar-refractivity contribution in [2.45, 2.75) is 19.9 Å². The van der Waals surface area contributed by atoms with Crippen LogP contribution in [0.5, 0.6) is 0 Å². The molecule has 0 spiro atoms. The number of nitrogens with one attached hydrogen (secondary N) is 2. The van der Waals surface area contributed by atoms with Gasteiger partial charge in [-0.15, -0.1) is 0 Å². The number of benzene rings is 1. The lowest BCUT2D eigenvalue weighted by Gasteiger charge is -2.11. The number of nitrogens with zero attached hydrogens (tertiary/aromatic N) is 4. The van der Waals surface area contributed by atoms with Gasteiger partial charge in [-0.25, -0.2) is 15.0 Å². The number of hydrogen-bond acceptors (Lipinski definition) is 3. The molecule has 0 bridgehead atoms. The van der Waals surface area contributed by atoms with E-state index < -0.39 is 0 Å². The highest BCUT2D eigenvalue weighted by Crippen LogP contribution is 2.14. The van der Waals surface area contributed by atoms with Crippen molar-refractivity contribution in [3.63, 3.8) is 0 Å². The Morgan fingerprint density at radius 1 is 1.19 bits per heavy atom. The molecule has 7 heteroatoms. The van der Waals surface area contributed by atoms with E-state index in [-0.39, 0.29) is 0 Å². The minimum atomic E-state index is 0.513. The predicted molar refractivity (Wildman–Crippen MR) is 106 cm³/mol. The van der Waals surface area contributed by atoms with Gasteiger partial charge in [-0.3, -0.25) is 0 Å². The molecule has 0 unspecified atom stereocenters. The van der Waals surface area contributed by atoms with Crippen LogP contribution in [0.15, 0.2) is 47.6 Å². The monoisotopic (exact) mass is 370 g/mol. The number of aryl methyl sites for hydroxylation is 1. The fourth-order valence-corrected chi connectivity index (χ4v) is 2.82. The van der Waals surface area contributed by atoms with E-state index in [0.717, 1.165) is 47.9 Å². The van der Waals surface area contributed by atoms with Crippen LogP contribution in [0, 0.1) is 0 Å². The number of imidazole rings is 1. The Kier molecular flexibility index (Phi) is 6.07. The van der Waals surface area contributed by atoms with Crippen molar-refractivity contribution in [3.8, 4) is 0 Å². The Morgan fingerprint density at radius 2 is 2.04 bits per heavy atom. The molecule has 3 rings (SSSR count). The van der Waals surface area contributed by atoms with Gasteiger partial charge in [0.1, 0.15) is 17.5 Å². The standard InChI is InChI=1S/C19H23ClN6/c1-3-21-19(22-11-10-14-8-9-17(20)23-12-14)24-13-18-25-15-6-4-5-7-16(15)26(18)2/h4-9,12H,3,10-11,13H2,1-2H3,(H2,21,22,24). The van der Waals surface area contributed by atoms with Gasteiger partial charge in [0.15, 0.2) is 5.96 Å². The van der Waals surface area contributed by atoms with Gasteiger partial charge in [0, 0.05) is 26.3 Å². The lowest BCUT2D eigenvalue weighted by molar-refractivity contribution is 0.771. The molecule has 26 heavy (non-hydrogen) atoms. The lowest BCUT2D eigenvalue weighted by Crippen LogP contribution is -2.38. The van der Waals surface area contributed by atoms with Crippen LogP contribution in [-0.2, 0) is 20.0 Å². The van der Waals surface area contributed by atoms with E-state index >= 15 is 0 Å². The van der Waals surface area contributed by atoms with Gasteiger partial charge in [-0.1, -0.05) is 29.8 Å². The molecule has 0 saturated carbocycles. The summed E-state index contributed by atoms with van der Waals surface area (Å²) < 4.78 is 2.09. The molecule has 0 saturated heterocycles. The number of guanidine groups is 1. The Hall–Kier alpha value is -2.60. The van der Waals surface area contributed by atoms with E-state index in [0.29, 0.717) is 11.7 Å². The molecule has 0 amide bonds. The smallest absolute Gasteiger partial charge is 0.191 e. The summed E-state index contributed by atoms with van der Waals surface area (Å²) in [5.41, 5.74) is 3.24. The van der Waals surface area contributed by atoms with Crippen LogP contribution >= 0.6 is 11.6 Å². The largest absolute Gasteiger partial charge is 0.357 e. The van der Waals surface area contributed by atoms with Gasteiger partial charge in [0.25, 0.3) is 0 Å². The summed E-state index contributed by atoms with van der Waals surface area (Å²) in [5, 5.41) is 7.13. The fourth-order valence-electron chi connectivity index (χ4n) is 2.71. The topological polar surface area (TPSA) is 67.1 Å². The van der Waals surface area contributed by atoms with Gasteiger partial charge in [-0.2, -0.15) is 0 Å². The first-order chi connectivity index (χ1) is 12.7. The van der Waals surface area contributed by atoms with Gasteiger partial charge < -0.3 is 15.2 Å². The molecule has 0 atom stereocenters. The molecule has 136 valence electrons. The second kappa shape index (κ2) is 8.67. The second-order valence-electron chi connectivity index (χ2n) is 5.94. The van der Waals surface area contributed by atoms with Crippen LogP contribution in [0.25, 0.3) is 11.0 Å². The maximum atomic E-state index is 5.82. The van der Waals surface area contributed by atoms with E-state index in [1.54, 1.807) is 6.20 Å². The number of rotatable bonds is 6. The molecule has 6 nitrogen and oxygen atoms in total. The fraction of sp³-hybridized carbons (Fsp3) is 0.316. The van der Waals surface area contributed by atoms with Crippen LogP contribution in [-0.4, -0.2) is 33.6 Å². The molecule has 0 aliphatic rings. The maximum absolute atomic E-state index is 5.82. The van der Waals surface area contributed by atoms with Crippen molar-refractivity contribution in [2.75, 3.05) is 13.1 Å². The van der Waals surface area contributed by atoms with E-state index in [1.807, 2.05) is 37.4 Å².